The Morgan fingerprint density at radius 3 is 2.71 bits per heavy atom. The molecule has 0 bridgehead atoms. The van der Waals surface area contributed by atoms with Crippen molar-refractivity contribution in [2.24, 2.45) is 11.8 Å². The van der Waals surface area contributed by atoms with Crippen LogP contribution in [0.2, 0.25) is 0 Å². The van der Waals surface area contributed by atoms with Gasteiger partial charge in [-0.2, -0.15) is 5.10 Å². The van der Waals surface area contributed by atoms with Gasteiger partial charge in [0.1, 0.15) is 5.82 Å². The first-order valence-electron chi connectivity index (χ1n) is 10.1. The lowest BCUT2D eigenvalue weighted by molar-refractivity contribution is 0.387. The highest BCUT2D eigenvalue weighted by atomic mass is 19.1. The molecule has 1 N–H and O–H groups in total. The second kappa shape index (κ2) is 6.85. The second-order valence-electron chi connectivity index (χ2n) is 7.99. The zero-order chi connectivity index (χ0) is 19.3. The van der Waals surface area contributed by atoms with Gasteiger partial charge in [-0.25, -0.2) is 9.37 Å². The standard InChI is InChI=1S/C22H25FN4O/c1-3-27-21-9-14(8-19(23)18(21)12-25-27)20-5-4-17(22(26-20)28-2)13-6-15-10-24-11-16(15)7-13/h4-5,8-9,12-13,15-16,24H,3,6-7,10-11H2,1-2H3. The van der Waals surface area contributed by atoms with Crippen molar-refractivity contribution < 1.29 is 9.13 Å². The van der Waals surface area contributed by atoms with Crippen molar-refractivity contribution in [2.45, 2.75) is 32.2 Å². The predicted molar refractivity (Wildman–Crippen MR) is 107 cm³/mol. The average molecular weight is 380 g/mol. The minimum Gasteiger partial charge on any atom is -0.481 e. The van der Waals surface area contributed by atoms with Gasteiger partial charge >= 0.3 is 0 Å². The molecule has 2 atom stereocenters. The first-order chi connectivity index (χ1) is 13.7. The van der Waals surface area contributed by atoms with Crippen LogP contribution in [-0.2, 0) is 6.54 Å². The van der Waals surface area contributed by atoms with Gasteiger partial charge in [0.25, 0.3) is 0 Å². The first kappa shape index (κ1) is 17.6. The molecule has 0 amide bonds. The second-order valence-corrected chi connectivity index (χ2v) is 7.99. The van der Waals surface area contributed by atoms with E-state index in [1.165, 1.54) is 24.5 Å². The number of hydrogen-bond acceptors (Lipinski definition) is 4. The molecule has 2 fully saturated rings. The number of pyridine rings is 1. The fourth-order valence-electron chi connectivity index (χ4n) is 5.04. The third-order valence-corrected chi connectivity index (χ3v) is 6.48. The van der Waals surface area contributed by atoms with Crippen LogP contribution in [0.1, 0.15) is 31.2 Å². The molecule has 0 spiro atoms. The number of aryl methyl sites for hydroxylation is 1. The lowest BCUT2D eigenvalue weighted by Crippen LogP contribution is -2.12. The quantitative estimate of drug-likeness (QED) is 0.744. The Morgan fingerprint density at radius 2 is 2.00 bits per heavy atom. The van der Waals surface area contributed by atoms with Crippen LogP contribution in [0.15, 0.2) is 30.5 Å². The summed E-state index contributed by atoms with van der Waals surface area (Å²) in [6.07, 6.45) is 3.96. The van der Waals surface area contributed by atoms with Gasteiger partial charge < -0.3 is 10.1 Å². The Morgan fingerprint density at radius 1 is 1.21 bits per heavy atom. The molecule has 3 heterocycles. The topological polar surface area (TPSA) is 52.0 Å². The molecule has 5 rings (SSSR count). The number of ether oxygens (including phenoxy) is 1. The number of hydrogen-bond donors (Lipinski definition) is 1. The molecule has 5 nitrogen and oxygen atoms in total. The maximum atomic E-state index is 14.6. The number of nitrogens with zero attached hydrogens (tertiary/aromatic N) is 3. The molecular formula is C22H25FN4O. The van der Waals surface area contributed by atoms with Crippen LogP contribution >= 0.6 is 0 Å². The Bertz CT molecular complexity index is 1020. The summed E-state index contributed by atoms with van der Waals surface area (Å²) in [4.78, 5) is 4.75. The van der Waals surface area contributed by atoms with Gasteiger partial charge in [-0.1, -0.05) is 6.07 Å². The molecule has 1 saturated heterocycles. The van der Waals surface area contributed by atoms with E-state index in [0.717, 1.165) is 41.7 Å². The molecule has 1 aliphatic heterocycles. The van der Waals surface area contributed by atoms with E-state index < -0.39 is 0 Å². The lowest BCUT2D eigenvalue weighted by atomic mass is 9.96. The molecule has 1 saturated carbocycles. The minimum atomic E-state index is -0.270. The van der Waals surface area contributed by atoms with Crippen molar-refractivity contribution in [1.82, 2.24) is 20.1 Å². The van der Waals surface area contributed by atoms with Crippen LogP contribution in [0.5, 0.6) is 5.88 Å². The van der Waals surface area contributed by atoms with E-state index in [1.807, 2.05) is 19.1 Å². The van der Waals surface area contributed by atoms with Crippen LogP contribution in [-0.4, -0.2) is 35.0 Å². The summed E-state index contributed by atoms with van der Waals surface area (Å²) in [5, 5.41) is 8.30. The molecule has 2 unspecified atom stereocenters. The maximum absolute atomic E-state index is 14.6. The molecule has 2 aromatic heterocycles. The highest BCUT2D eigenvalue weighted by Gasteiger charge is 2.39. The molecule has 0 radical (unpaired) electrons. The van der Waals surface area contributed by atoms with Crippen molar-refractivity contribution in [3.05, 3.63) is 41.8 Å². The van der Waals surface area contributed by atoms with Gasteiger partial charge in [0.15, 0.2) is 0 Å². The highest BCUT2D eigenvalue weighted by molar-refractivity contribution is 5.84. The monoisotopic (exact) mass is 380 g/mol. The zero-order valence-electron chi connectivity index (χ0n) is 16.3. The van der Waals surface area contributed by atoms with Crippen molar-refractivity contribution in [3.8, 4) is 17.1 Å². The number of rotatable bonds is 4. The van der Waals surface area contributed by atoms with Gasteiger partial charge in [0, 0.05) is 17.7 Å². The lowest BCUT2D eigenvalue weighted by Gasteiger charge is -2.16. The molecule has 1 aromatic carbocycles. The molecule has 146 valence electrons. The van der Waals surface area contributed by atoms with Gasteiger partial charge in [-0.3, -0.25) is 4.68 Å². The van der Waals surface area contributed by atoms with Crippen molar-refractivity contribution >= 4 is 10.9 Å². The number of halogens is 1. The molecule has 28 heavy (non-hydrogen) atoms. The zero-order valence-corrected chi connectivity index (χ0v) is 16.3. The van der Waals surface area contributed by atoms with Crippen LogP contribution in [0.3, 0.4) is 0 Å². The Labute approximate surface area is 163 Å². The molecule has 1 aliphatic carbocycles. The highest BCUT2D eigenvalue weighted by Crippen LogP contribution is 2.46. The summed E-state index contributed by atoms with van der Waals surface area (Å²) in [7, 11) is 1.67. The summed E-state index contributed by atoms with van der Waals surface area (Å²) in [5.41, 5.74) is 3.45. The Balaban J connectivity index is 1.52. The van der Waals surface area contributed by atoms with Crippen LogP contribution < -0.4 is 10.1 Å². The fourth-order valence-corrected chi connectivity index (χ4v) is 5.04. The number of aromatic nitrogens is 3. The molecule has 2 aliphatic rings. The number of fused-ring (bicyclic) bond motifs is 2. The first-order valence-corrected chi connectivity index (χ1v) is 10.1. The summed E-state index contributed by atoms with van der Waals surface area (Å²) in [5.74, 6) is 2.42. The smallest absolute Gasteiger partial charge is 0.217 e. The summed E-state index contributed by atoms with van der Waals surface area (Å²) < 4.78 is 22.1. The number of nitrogens with one attached hydrogen (secondary N) is 1. The number of benzene rings is 1. The summed E-state index contributed by atoms with van der Waals surface area (Å²) in [6.45, 7) is 4.94. The van der Waals surface area contributed by atoms with E-state index in [4.69, 9.17) is 9.72 Å². The van der Waals surface area contributed by atoms with Crippen LogP contribution in [0.25, 0.3) is 22.2 Å². The Hall–Kier alpha value is -2.47. The maximum Gasteiger partial charge on any atom is 0.217 e. The van der Waals surface area contributed by atoms with Crippen molar-refractivity contribution in [2.75, 3.05) is 20.2 Å². The molecular weight excluding hydrogens is 355 g/mol. The van der Waals surface area contributed by atoms with Gasteiger partial charge in [-0.05, 0) is 68.8 Å². The average Bonchev–Trinajstić information content (AvgIpc) is 3.41. The van der Waals surface area contributed by atoms with Crippen molar-refractivity contribution in [3.63, 3.8) is 0 Å². The molecule has 3 aromatic rings. The van der Waals surface area contributed by atoms with E-state index in [2.05, 4.69) is 16.5 Å². The number of methoxy groups -OCH3 is 1. The summed E-state index contributed by atoms with van der Waals surface area (Å²) in [6, 6.07) is 7.62. The van der Waals surface area contributed by atoms with E-state index >= 15 is 0 Å². The van der Waals surface area contributed by atoms with E-state index in [1.54, 1.807) is 18.0 Å². The van der Waals surface area contributed by atoms with Gasteiger partial charge in [-0.15, -0.1) is 0 Å². The SMILES string of the molecule is CCn1ncc2c(F)cc(-c3ccc(C4CC5CNCC5C4)c(OC)n3)cc21. The van der Waals surface area contributed by atoms with E-state index in [0.29, 0.717) is 23.7 Å². The van der Waals surface area contributed by atoms with Gasteiger partial charge in [0.05, 0.1) is 29.9 Å². The van der Waals surface area contributed by atoms with E-state index in [-0.39, 0.29) is 5.82 Å². The van der Waals surface area contributed by atoms with E-state index in [9.17, 15) is 4.39 Å². The van der Waals surface area contributed by atoms with Crippen LogP contribution in [0.4, 0.5) is 4.39 Å². The third-order valence-electron chi connectivity index (χ3n) is 6.48. The third kappa shape index (κ3) is 2.78. The van der Waals surface area contributed by atoms with Crippen molar-refractivity contribution in [1.29, 1.82) is 0 Å². The van der Waals surface area contributed by atoms with Crippen LogP contribution in [0, 0.1) is 17.7 Å². The fraction of sp³-hybridized carbons (Fsp3) is 0.455. The predicted octanol–water partition coefficient (Wildman–Crippen LogP) is 3.98. The Kier molecular flexibility index (Phi) is 4.31. The summed E-state index contributed by atoms with van der Waals surface area (Å²) >= 11 is 0. The molecule has 6 heteroatoms. The van der Waals surface area contributed by atoms with Gasteiger partial charge in [0.2, 0.25) is 5.88 Å². The normalized spacial score (nSPS) is 24.0. The largest absolute Gasteiger partial charge is 0.481 e. The minimum absolute atomic E-state index is 0.270.